The van der Waals surface area contributed by atoms with Crippen molar-refractivity contribution in [2.24, 2.45) is 5.73 Å². The maximum Gasteiger partial charge on any atom is 0.183 e. The van der Waals surface area contributed by atoms with Gasteiger partial charge in [0.1, 0.15) is 12.3 Å². The molecule has 0 spiro atoms. The van der Waals surface area contributed by atoms with Crippen molar-refractivity contribution in [2.45, 2.75) is 19.1 Å². The number of ether oxygens (including phenoxy) is 1. The van der Waals surface area contributed by atoms with Gasteiger partial charge in [0.2, 0.25) is 0 Å². The monoisotopic (exact) mass is 191 g/mol. The van der Waals surface area contributed by atoms with E-state index in [1.807, 2.05) is 0 Å². The van der Waals surface area contributed by atoms with Crippen LogP contribution in [-0.2, 0) is 6.42 Å². The summed E-state index contributed by atoms with van der Waals surface area (Å²) in [6, 6.07) is 5.87. The lowest BCUT2D eigenvalue weighted by molar-refractivity contribution is 0.172. The highest BCUT2D eigenvalue weighted by molar-refractivity contribution is 5.44. The van der Waals surface area contributed by atoms with Gasteiger partial charge in [-0.3, -0.25) is 5.73 Å². The number of halogens is 1. The van der Waals surface area contributed by atoms with E-state index in [4.69, 9.17) is 15.7 Å². The van der Waals surface area contributed by atoms with Gasteiger partial charge in [0.15, 0.2) is 11.6 Å². The van der Waals surface area contributed by atoms with E-state index in [2.05, 4.69) is 6.07 Å². The summed E-state index contributed by atoms with van der Waals surface area (Å²) in [4.78, 5) is 0. The van der Waals surface area contributed by atoms with Gasteiger partial charge in [0, 0.05) is 12.5 Å². The molecule has 2 N–H and O–H groups in total. The van der Waals surface area contributed by atoms with Crippen LogP contribution in [0, 0.1) is 23.2 Å². The van der Waals surface area contributed by atoms with Crippen molar-refractivity contribution in [1.29, 1.82) is 5.26 Å². The minimum absolute atomic E-state index is 0.110. The molecule has 0 saturated carbocycles. The zero-order chi connectivity index (χ0) is 10.1. The van der Waals surface area contributed by atoms with Crippen LogP contribution in [0.5, 0.6) is 5.75 Å². The molecule has 14 heavy (non-hydrogen) atoms. The van der Waals surface area contributed by atoms with Gasteiger partial charge >= 0.3 is 0 Å². The number of hydrogen-bond donors (Lipinski definition) is 1. The number of rotatable bonds is 0. The first-order valence-corrected chi connectivity index (χ1v) is 4.27. The van der Waals surface area contributed by atoms with Gasteiger partial charge < -0.3 is 4.74 Å². The van der Waals surface area contributed by atoms with Gasteiger partial charge in [0.25, 0.3) is 0 Å². The van der Waals surface area contributed by atoms with Crippen LogP contribution in [0.25, 0.3) is 0 Å². The van der Waals surface area contributed by atoms with Gasteiger partial charge in [-0.2, -0.15) is 5.26 Å². The fourth-order valence-electron chi connectivity index (χ4n) is 1.45. The Morgan fingerprint density at radius 2 is 2.50 bits per heavy atom. The summed E-state index contributed by atoms with van der Waals surface area (Å²) in [6.45, 7) is 0. The first-order valence-electron chi connectivity index (χ1n) is 4.27. The maximum absolute atomic E-state index is 13.5. The van der Waals surface area contributed by atoms with Crippen LogP contribution in [-0.4, -0.2) is 6.23 Å². The molecule has 0 aliphatic carbocycles. The van der Waals surface area contributed by atoms with Gasteiger partial charge in [-0.05, 0) is 18.1 Å². The zero-order valence-electron chi connectivity index (χ0n) is 7.38. The topological polar surface area (TPSA) is 59.0 Å². The van der Waals surface area contributed by atoms with Crippen LogP contribution in [0.3, 0.4) is 0 Å². The van der Waals surface area contributed by atoms with E-state index in [1.54, 1.807) is 12.1 Å². The maximum atomic E-state index is 13.5. The number of nitriles is 1. The summed E-state index contributed by atoms with van der Waals surface area (Å²) in [6.07, 6.45) is 0.841. The van der Waals surface area contributed by atoms with Crippen molar-refractivity contribution >= 4 is 0 Å². The third-order valence-corrected chi connectivity index (χ3v) is 2.18. The molecule has 0 amide bonds. The number of aryl methyl sites for hydroxylation is 1. The molecule has 0 fully saturated rings. The van der Waals surface area contributed by atoms with Gasteiger partial charge in [-0.1, -0.05) is 0 Å². The minimum atomic E-state index is -0.653. The van der Waals surface area contributed by atoms with Crippen molar-refractivity contribution in [2.75, 3.05) is 0 Å². The Balaban J connectivity index is 2.52. The Morgan fingerprint density at radius 3 is 3.21 bits per heavy atom. The molecule has 1 aliphatic rings. The van der Waals surface area contributed by atoms with Crippen molar-refractivity contribution in [1.82, 2.24) is 0 Å². The lowest BCUT2D eigenvalue weighted by Gasteiger charge is -2.23. The number of nitrogens with zero attached hydrogens (tertiary/aromatic N) is 1. The lowest BCUT2D eigenvalue weighted by atomic mass is 10.0. The highest BCUT2D eigenvalue weighted by atomic mass is 19.1. The average Bonchev–Trinajstić information content (AvgIpc) is 2.20. The largest absolute Gasteiger partial charge is 0.472 e. The third kappa shape index (κ3) is 1.32. The number of hydrogen-bond acceptors (Lipinski definition) is 3. The number of fused-ring (bicyclic) bond motifs is 1. The van der Waals surface area contributed by atoms with Crippen molar-refractivity contribution in [3.63, 3.8) is 0 Å². The Kier molecular flexibility index (Phi) is 2.10. The van der Waals surface area contributed by atoms with E-state index in [0.29, 0.717) is 12.8 Å². The van der Waals surface area contributed by atoms with E-state index in [0.717, 1.165) is 5.56 Å². The van der Waals surface area contributed by atoms with E-state index in [1.165, 1.54) is 0 Å². The first-order chi connectivity index (χ1) is 6.72. The molecule has 0 bridgehead atoms. The van der Waals surface area contributed by atoms with E-state index >= 15 is 0 Å². The highest BCUT2D eigenvalue weighted by Gasteiger charge is 2.22. The molecule has 0 saturated heterocycles. The quantitative estimate of drug-likeness (QED) is 0.668. The molecule has 1 atom stereocenters. The second-order valence-electron chi connectivity index (χ2n) is 3.14. The summed E-state index contributed by atoms with van der Waals surface area (Å²) in [5, 5.41) is 8.58. The zero-order valence-corrected chi connectivity index (χ0v) is 7.38. The van der Waals surface area contributed by atoms with Crippen LogP contribution in [0.1, 0.15) is 17.5 Å². The summed E-state index contributed by atoms with van der Waals surface area (Å²) in [5.74, 6) is -0.542. The van der Waals surface area contributed by atoms with Crippen molar-refractivity contribution in [3.05, 3.63) is 29.1 Å². The molecule has 1 heterocycles. The summed E-state index contributed by atoms with van der Waals surface area (Å²) in [7, 11) is 0. The van der Waals surface area contributed by atoms with E-state index in [-0.39, 0.29) is 11.3 Å². The smallest absolute Gasteiger partial charge is 0.183 e. The molecule has 71 valence electrons. The Bertz CT molecular complexity index is 411. The first kappa shape index (κ1) is 8.97. The summed E-state index contributed by atoms with van der Waals surface area (Å²) in [5.41, 5.74) is 6.13. The summed E-state index contributed by atoms with van der Waals surface area (Å²) >= 11 is 0. The molecule has 3 nitrogen and oxygen atoms in total. The van der Waals surface area contributed by atoms with Crippen molar-refractivity contribution in [3.8, 4) is 11.8 Å². The predicted molar refractivity (Wildman–Crippen MR) is 46.9 cm³/mol. The Morgan fingerprint density at radius 1 is 1.71 bits per heavy atom. The number of benzene rings is 1. The number of nitrogens with two attached hydrogens (primary N) is 1. The fraction of sp³-hybridized carbons (Fsp3) is 0.300. The van der Waals surface area contributed by atoms with Gasteiger partial charge in [-0.25, -0.2) is 4.39 Å². The second-order valence-corrected chi connectivity index (χ2v) is 3.14. The molecule has 1 aromatic carbocycles. The van der Waals surface area contributed by atoms with Gasteiger partial charge in [-0.15, -0.1) is 0 Å². The Hall–Kier alpha value is -1.60. The third-order valence-electron chi connectivity index (χ3n) is 2.18. The minimum Gasteiger partial charge on any atom is -0.472 e. The second kappa shape index (κ2) is 3.28. The molecule has 1 radical (unpaired) electrons. The molecule has 0 aromatic heterocycles. The van der Waals surface area contributed by atoms with Crippen LogP contribution >= 0.6 is 0 Å². The average molecular weight is 191 g/mol. The standard InChI is InChI=1S/C10H8FN2O/c11-9-7(5-12)2-1-6-3-4-8(13)14-10(6)9/h1,8H,3-4,13H2/t8-/m1/s1. The predicted octanol–water partition coefficient (Wildman–Crippen LogP) is 1.11. The van der Waals surface area contributed by atoms with Gasteiger partial charge in [0.05, 0.1) is 5.56 Å². The molecule has 1 aromatic rings. The van der Waals surface area contributed by atoms with E-state index < -0.39 is 12.0 Å². The highest BCUT2D eigenvalue weighted by Crippen LogP contribution is 2.30. The Labute approximate surface area is 80.9 Å². The fourth-order valence-corrected chi connectivity index (χ4v) is 1.45. The molecule has 2 rings (SSSR count). The van der Waals surface area contributed by atoms with Crippen LogP contribution in [0.2, 0.25) is 0 Å². The van der Waals surface area contributed by atoms with Crippen molar-refractivity contribution < 1.29 is 9.13 Å². The van der Waals surface area contributed by atoms with Crippen LogP contribution in [0.15, 0.2) is 6.07 Å². The molecule has 0 unspecified atom stereocenters. The van der Waals surface area contributed by atoms with E-state index in [9.17, 15) is 4.39 Å². The SMILES string of the molecule is N#Cc1[c]cc2c(c1F)O[C@@H](N)CC2. The summed E-state index contributed by atoms with van der Waals surface area (Å²) < 4.78 is 18.6. The van der Waals surface area contributed by atoms with Crippen LogP contribution in [0.4, 0.5) is 4.39 Å². The lowest BCUT2D eigenvalue weighted by Crippen LogP contribution is -2.31. The molecule has 4 heteroatoms. The molecular formula is C10H8FN2O. The normalized spacial score (nSPS) is 19.4. The molecular weight excluding hydrogens is 183 g/mol. The molecule has 1 aliphatic heterocycles. The van der Waals surface area contributed by atoms with Crippen LogP contribution < -0.4 is 10.5 Å².